The molecule has 0 aromatic heterocycles. The Bertz CT molecular complexity index is 183. The first kappa shape index (κ1) is 11.7. The molecule has 0 aromatic rings. The number of carbonyl (C=O) groups is 1. The second-order valence-corrected chi connectivity index (χ2v) is 2.62. The summed E-state index contributed by atoms with van der Waals surface area (Å²) in [5.41, 5.74) is 10.2. The Morgan fingerprint density at radius 1 is 1.31 bits per heavy atom. The van der Waals surface area contributed by atoms with Crippen LogP contribution in [0.5, 0.6) is 0 Å². The quantitative estimate of drug-likeness (QED) is 0.449. The standard InChI is InChI=1S/C8H18N4O/c1-3-12(4-2)7(13)5-6-11-8(9)10/h3-6H2,1-2H3,(H4,9,10,11). The van der Waals surface area contributed by atoms with Crippen molar-refractivity contribution in [3.8, 4) is 0 Å². The number of hydrogen-bond acceptors (Lipinski definition) is 2. The van der Waals surface area contributed by atoms with Crippen LogP contribution in [0.2, 0.25) is 0 Å². The first-order valence-corrected chi connectivity index (χ1v) is 4.45. The molecule has 0 aliphatic rings. The van der Waals surface area contributed by atoms with Gasteiger partial charge in [0.2, 0.25) is 5.91 Å². The molecule has 0 aromatic carbocycles. The molecule has 0 spiro atoms. The van der Waals surface area contributed by atoms with Crippen LogP contribution >= 0.6 is 0 Å². The van der Waals surface area contributed by atoms with Gasteiger partial charge in [-0.3, -0.25) is 9.79 Å². The summed E-state index contributed by atoms with van der Waals surface area (Å²) in [7, 11) is 0. The molecular weight excluding hydrogens is 168 g/mol. The molecule has 0 unspecified atom stereocenters. The molecule has 76 valence electrons. The average Bonchev–Trinajstić information content (AvgIpc) is 2.05. The van der Waals surface area contributed by atoms with E-state index in [1.807, 2.05) is 13.8 Å². The smallest absolute Gasteiger partial charge is 0.224 e. The summed E-state index contributed by atoms with van der Waals surface area (Å²) in [6, 6.07) is 0. The molecule has 0 fully saturated rings. The van der Waals surface area contributed by atoms with Crippen LogP contribution in [0, 0.1) is 0 Å². The average molecular weight is 186 g/mol. The summed E-state index contributed by atoms with van der Waals surface area (Å²) >= 11 is 0. The number of guanidine groups is 1. The van der Waals surface area contributed by atoms with Crippen molar-refractivity contribution in [2.75, 3.05) is 19.6 Å². The highest BCUT2D eigenvalue weighted by molar-refractivity contribution is 5.78. The number of amides is 1. The van der Waals surface area contributed by atoms with Crippen molar-refractivity contribution in [1.29, 1.82) is 0 Å². The molecule has 1 amide bonds. The van der Waals surface area contributed by atoms with Gasteiger partial charge in [-0.05, 0) is 13.8 Å². The second kappa shape index (κ2) is 6.28. The highest BCUT2D eigenvalue weighted by Gasteiger charge is 2.07. The van der Waals surface area contributed by atoms with Crippen molar-refractivity contribution >= 4 is 11.9 Å². The van der Waals surface area contributed by atoms with E-state index in [1.54, 1.807) is 4.90 Å². The minimum absolute atomic E-state index is 0.0346. The fourth-order valence-electron chi connectivity index (χ4n) is 1.02. The zero-order chi connectivity index (χ0) is 10.3. The van der Waals surface area contributed by atoms with Crippen LogP contribution < -0.4 is 11.5 Å². The van der Waals surface area contributed by atoms with Gasteiger partial charge in [-0.1, -0.05) is 0 Å². The number of aliphatic imine (C=N–C) groups is 1. The van der Waals surface area contributed by atoms with Gasteiger partial charge in [0.25, 0.3) is 0 Å². The zero-order valence-electron chi connectivity index (χ0n) is 8.29. The number of hydrogen-bond donors (Lipinski definition) is 2. The highest BCUT2D eigenvalue weighted by atomic mass is 16.2. The molecule has 0 radical (unpaired) electrons. The maximum absolute atomic E-state index is 11.4. The molecule has 0 atom stereocenters. The number of nitrogens with zero attached hydrogens (tertiary/aromatic N) is 2. The zero-order valence-corrected chi connectivity index (χ0v) is 8.29. The molecule has 0 rings (SSSR count). The lowest BCUT2D eigenvalue weighted by atomic mass is 10.3. The van der Waals surface area contributed by atoms with Crippen molar-refractivity contribution < 1.29 is 4.79 Å². The fourth-order valence-corrected chi connectivity index (χ4v) is 1.02. The van der Waals surface area contributed by atoms with E-state index in [1.165, 1.54) is 0 Å². The first-order valence-electron chi connectivity index (χ1n) is 4.45. The fraction of sp³-hybridized carbons (Fsp3) is 0.750. The first-order chi connectivity index (χ1) is 6.11. The number of nitrogens with two attached hydrogens (primary N) is 2. The Labute approximate surface area is 78.8 Å². The van der Waals surface area contributed by atoms with Gasteiger partial charge in [0, 0.05) is 19.5 Å². The Hall–Kier alpha value is -1.26. The highest BCUT2D eigenvalue weighted by Crippen LogP contribution is 1.93. The van der Waals surface area contributed by atoms with Crippen molar-refractivity contribution in [1.82, 2.24) is 4.90 Å². The van der Waals surface area contributed by atoms with Crippen LogP contribution in [0.15, 0.2) is 4.99 Å². The lowest BCUT2D eigenvalue weighted by Gasteiger charge is -2.17. The third-order valence-corrected chi connectivity index (χ3v) is 1.74. The van der Waals surface area contributed by atoms with Crippen LogP contribution in [0.25, 0.3) is 0 Å². The van der Waals surface area contributed by atoms with E-state index < -0.39 is 0 Å². The van der Waals surface area contributed by atoms with Crippen molar-refractivity contribution in [2.45, 2.75) is 20.3 Å². The summed E-state index contributed by atoms with van der Waals surface area (Å²) in [4.78, 5) is 16.9. The molecule has 0 heterocycles. The molecule has 4 N–H and O–H groups in total. The SMILES string of the molecule is CCN(CC)C(=O)CCN=C(N)N. The van der Waals surface area contributed by atoms with E-state index in [0.717, 1.165) is 13.1 Å². The molecule has 0 aliphatic carbocycles. The van der Waals surface area contributed by atoms with Crippen LogP contribution in [-0.2, 0) is 4.79 Å². The van der Waals surface area contributed by atoms with E-state index in [9.17, 15) is 4.79 Å². The monoisotopic (exact) mass is 186 g/mol. The van der Waals surface area contributed by atoms with Gasteiger partial charge in [-0.25, -0.2) is 0 Å². The van der Waals surface area contributed by atoms with Crippen molar-refractivity contribution in [3.63, 3.8) is 0 Å². The van der Waals surface area contributed by atoms with Gasteiger partial charge in [-0.15, -0.1) is 0 Å². The van der Waals surface area contributed by atoms with Crippen LogP contribution in [0.3, 0.4) is 0 Å². The predicted molar refractivity (Wildman–Crippen MR) is 53.2 cm³/mol. The van der Waals surface area contributed by atoms with Crippen LogP contribution in [0.4, 0.5) is 0 Å². The second-order valence-electron chi connectivity index (χ2n) is 2.62. The van der Waals surface area contributed by atoms with Crippen LogP contribution in [-0.4, -0.2) is 36.4 Å². The maximum Gasteiger partial charge on any atom is 0.224 e. The van der Waals surface area contributed by atoms with Gasteiger partial charge in [0.15, 0.2) is 5.96 Å². The molecule has 13 heavy (non-hydrogen) atoms. The maximum atomic E-state index is 11.4. The molecule has 0 aliphatic heterocycles. The summed E-state index contributed by atoms with van der Waals surface area (Å²) < 4.78 is 0. The molecule has 0 saturated heterocycles. The van der Waals surface area contributed by atoms with Crippen LogP contribution in [0.1, 0.15) is 20.3 Å². The van der Waals surface area contributed by atoms with Gasteiger partial charge in [0.1, 0.15) is 0 Å². The van der Waals surface area contributed by atoms with Crippen molar-refractivity contribution in [2.24, 2.45) is 16.5 Å². The summed E-state index contributed by atoms with van der Waals surface area (Å²) in [6.07, 6.45) is 0.375. The van der Waals surface area contributed by atoms with E-state index in [-0.39, 0.29) is 11.9 Å². The summed E-state index contributed by atoms with van der Waals surface area (Å²) in [6.45, 7) is 5.73. The summed E-state index contributed by atoms with van der Waals surface area (Å²) in [5.74, 6) is 0.127. The lowest BCUT2D eigenvalue weighted by Crippen LogP contribution is -2.31. The molecule has 5 heteroatoms. The van der Waals surface area contributed by atoms with E-state index in [2.05, 4.69) is 4.99 Å². The molecule has 5 nitrogen and oxygen atoms in total. The number of rotatable bonds is 5. The molecular formula is C8H18N4O. The Morgan fingerprint density at radius 3 is 2.23 bits per heavy atom. The van der Waals surface area contributed by atoms with E-state index >= 15 is 0 Å². The minimum Gasteiger partial charge on any atom is -0.370 e. The Morgan fingerprint density at radius 2 is 1.85 bits per heavy atom. The topological polar surface area (TPSA) is 84.7 Å². The number of carbonyl (C=O) groups excluding carboxylic acids is 1. The third-order valence-electron chi connectivity index (χ3n) is 1.74. The van der Waals surface area contributed by atoms with Crippen molar-refractivity contribution in [3.05, 3.63) is 0 Å². The molecule has 0 bridgehead atoms. The third kappa shape index (κ3) is 5.05. The molecule has 0 saturated carbocycles. The predicted octanol–water partition coefficient (Wildman–Crippen LogP) is -0.482. The van der Waals surface area contributed by atoms with Gasteiger partial charge >= 0.3 is 0 Å². The largest absolute Gasteiger partial charge is 0.370 e. The van der Waals surface area contributed by atoms with Gasteiger partial charge < -0.3 is 16.4 Å². The van der Waals surface area contributed by atoms with E-state index in [4.69, 9.17) is 11.5 Å². The summed E-state index contributed by atoms with van der Waals surface area (Å²) in [5, 5.41) is 0. The minimum atomic E-state index is 0.0346. The van der Waals surface area contributed by atoms with E-state index in [0.29, 0.717) is 13.0 Å². The normalized spacial score (nSPS) is 9.38. The Kier molecular flexibility index (Phi) is 5.67. The Balaban J connectivity index is 3.79. The van der Waals surface area contributed by atoms with Gasteiger partial charge in [-0.2, -0.15) is 0 Å². The van der Waals surface area contributed by atoms with Gasteiger partial charge in [0.05, 0.1) is 6.54 Å². The lowest BCUT2D eigenvalue weighted by molar-refractivity contribution is -0.130.